The van der Waals surface area contributed by atoms with Gasteiger partial charge in [-0.05, 0) is 36.8 Å². The number of rotatable bonds is 5. The monoisotopic (exact) mass is 441 g/mol. The molecule has 1 amide bonds. The van der Waals surface area contributed by atoms with E-state index in [0.29, 0.717) is 23.7 Å². The van der Waals surface area contributed by atoms with E-state index in [9.17, 15) is 9.59 Å². The fraction of sp³-hybridized carbons (Fsp3) is 0.200. The van der Waals surface area contributed by atoms with Gasteiger partial charge in [0.1, 0.15) is 11.4 Å². The number of ether oxygens (including phenoxy) is 1. The number of hydrogen-bond acceptors (Lipinski definition) is 5. The van der Waals surface area contributed by atoms with Crippen LogP contribution in [0.15, 0.2) is 77.9 Å². The molecule has 166 valence electrons. The van der Waals surface area contributed by atoms with Gasteiger partial charge >= 0.3 is 0 Å². The zero-order valence-electron chi connectivity index (χ0n) is 18.4. The molecule has 2 aromatic heterocycles. The number of nitrogens with zero attached hydrogens (tertiary/aromatic N) is 5. The summed E-state index contributed by atoms with van der Waals surface area (Å²) in [4.78, 5) is 27.0. The van der Waals surface area contributed by atoms with E-state index in [-0.39, 0.29) is 22.9 Å². The predicted octanol–water partition coefficient (Wildman–Crippen LogP) is 3.47. The summed E-state index contributed by atoms with van der Waals surface area (Å²) in [7, 11) is 1.57. The van der Waals surface area contributed by atoms with Gasteiger partial charge in [-0.15, -0.1) is 0 Å². The topological polar surface area (TPSA) is 82.3 Å². The molecule has 33 heavy (non-hydrogen) atoms. The average molecular weight is 441 g/mol. The molecule has 0 N–H and O–H groups in total. The second-order valence-corrected chi connectivity index (χ2v) is 7.97. The summed E-state index contributed by atoms with van der Waals surface area (Å²) in [5.74, 6) is 0.689. The third-order valence-electron chi connectivity index (χ3n) is 5.89. The smallest absolute Gasteiger partial charge is 0.229 e. The Bertz CT molecular complexity index is 1380. The molecule has 8 heteroatoms. The van der Waals surface area contributed by atoms with Gasteiger partial charge in [0.05, 0.1) is 24.7 Å². The number of aromatic nitrogens is 4. The van der Waals surface area contributed by atoms with E-state index in [1.165, 1.54) is 6.07 Å². The first-order valence-corrected chi connectivity index (χ1v) is 10.8. The van der Waals surface area contributed by atoms with Crippen molar-refractivity contribution in [2.45, 2.75) is 13.3 Å². The van der Waals surface area contributed by atoms with Crippen LogP contribution in [0, 0.1) is 5.92 Å². The molecule has 3 heterocycles. The van der Waals surface area contributed by atoms with Gasteiger partial charge in [0.2, 0.25) is 11.3 Å². The Hall–Kier alpha value is -4.20. The third kappa shape index (κ3) is 3.69. The molecular weight excluding hydrogens is 418 g/mol. The second-order valence-electron chi connectivity index (χ2n) is 7.97. The van der Waals surface area contributed by atoms with Crippen LogP contribution in [0.2, 0.25) is 0 Å². The maximum absolute atomic E-state index is 12.7. The summed E-state index contributed by atoms with van der Waals surface area (Å²) in [6, 6.07) is 18.4. The number of carbonyl (C=O) groups excluding carboxylic acids is 1. The molecule has 1 aliphatic heterocycles. The van der Waals surface area contributed by atoms with Crippen LogP contribution in [0.3, 0.4) is 0 Å². The Morgan fingerprint density at radius 2 is 1.82 bits per heavy atom. The van der Waals surface area contributed by atoms with Crippen molar-refractivity contribution >= 4 is 11.6 Å². The normalized spacial score (nSPS) is 15.8. The van der Waals surface area contributed by atoms with E-state index in [1.54, 1.807) is 39.8 Å². The van der Waals surface area contributed by atoms with Crippen LogP contribution in [-0.4, -0.2) is 39.1 Å². The lowest BCUT2D eigenvalue weighted by molar-refractivity contribution is -0.119. The molecule has 8 nitrogen and oxygen atoms in total. The first kappa shape index (κ1) is 20.7. The summed E-state index contributed by atoms with van der Waals surface area (Å²) in [5, 5.41) is 8.99. The summed E-state index contributed by atoms with van der Waals surface area (Å²) in [5.41, 5.74) is 2.93. The van der Waals surface area contributed by atoms with Crippen molar-refractivity contribution in [3.63, 3.8) is 0 Å². The van der Waals surface area contributed by atoms with Crippen LogP contribution in [-0.2, 0) is 4.79 Å². The van der Waals surface area contributed by atoms with Crippen molar-refractivity contribution in [1.29, 1.82) is 0 Å². The molecule has 4 aromatic rings. The quantitative estimate of drug-likeness (QED) is 0.474. The first-order valence-electron chi connectivity index (χ1n) is 10.8. The first-order chi connectivity index (χ1) is 16.1. The van der Waals surface area contributed by atoms with Crippen molar-refractivity contribution in [3.05, 3.63) is 83.3 Å². The molecule has 1 unspecified atom stereocenters. The van der Waals surface area contributed by atoms with Gasteiger partial charge in [0.15, 0.2) is 5.69 Å². The Labute approximate surface area is 190 Å². The Morgan fingerprint density at radius 1 is 1.00 bits per heavy atom. The fourth-order valence-electron chi connectivity index (χ4n) is 4.08. The molecule has 1 atom stereocenters. The van der Waals surface area contributed by atoms with E-state index in [4.69, 9.17) is 4.74 Å². The minimum Gasteiger partial charge on any atom is -0.494 e. The highest BCUT2D eigenvalue weighted by Crippen LogP contribution is 2.32. The molecule has 0 radical (unpaired) electrons. The zero-order valence-corrected chi connectivity index (χ0v) is 18.4. The zero-order chi connectivity index (χ0) is 22.9. The largest absolute Gasteiger partial charge is 0.494 e. The average Bonchev–Trinajstić information content (AvgIpc) is 3.47. The minimum atomic E-state index is -0.212. The Balaban J connectivity index is 1.56. The lowest BCUT2D eigenvalue weighted by Crippen LogP contribution is -2.26. The number of methoxy groups -OCH3 is 1. The van der Waals surface area contributed by atoms with Gasteiger partial charge in [-0.2, -0.15) is 10.2 Å². The third-order valence-corrected chi connectivity index (χ3v) is 5.89. The molecule has 0 saturated carbocycles. The minimum absolute atomic E-state index is 0.0216. The van der Waals surface area contributed by atoms with Crippen LogP contribution in [0.5, 0.6) is 5.75 Å². The summed E-state index contributed by atoms with van der Waals surface area (Å²) >= 11 is 0. The molecule has 0 bridgehead atoms. The number of hydrogen-bond donors (Lipinski definition) is 0. The van der Waals surface area contributed by atoms with Gasteiger partial charge < -0.3 is 9.64 Å². The van der Waals surface area contributed by atoms with E-state index < -0.39 is 0 Å². The van der Waals surface area contributed by atoms with Crippen LogP contribution in [0.4, 0.5) is 5.69 Å². The molecule has 1 aliphatic rings. The van der Waals surface area contributed by atoms with Crippen LogP contribution < -0.4 is 15.1 Å². The molecular formula is C25H23N5O3. The molecule has 1 fully saturated rings. The van der Waals surface area contributed by atoms with Crippen molar-refractivity contribution in [2.75, 3.05) is 18.6 Å². The highest BCUT2D eigenvalue weighted by molar-refractivity contribution is 5.97. The molecule has 0 aliphatic carbocycles. The molecule has 5 rings (SSSR count). The standard InChI is InChI=1S/C25H23N5O3/c1-17-11-14-28(25(17)32)19-8-9-20(23(16-19)33-2)29-15-12-22(31)24(27-29)21-10-13-26-30(21)18-6-4-3-5-7-18/h3-10,12-13,15-17H,11,14H2,1-2H3. The summed E-state index contributed by atoms with van der Waals surface area (Å²) in [6.07, 6.45) is 4.09. The summed E-state index contributed by atoms with van der Waals surface area (Å²) in [6.45, 7) is 2.63. The number of amides is 1. The Kier molecular flexibility index (Phi) is 5.26. The summed E-state index contributed by atoms with van der Waals surface area (Å²) < 4.78 is 8.92. The van der Waals surface area contributed by atoms with Gasteiger partial charge in [0.25, 0.3) is 0 Å². The van der Waals surface area contributed by atoms with Crippen LogP contribution in [0.25, 0.3) is 22.8 Å². The lowest BCUT2D eigenvalue weighted by atomic mass is 10.1. The fourth-order valence-corrected chi connectivity index (χ4v) is 4.08. The number of anilines is 1. The number of benzene rings is 2. The van der Waals surface area contributed by atoms with E-state index >= 15 is 0 Å². The number of para-hydroxylation sites is 1. The van der Waals surface area contributed by atoms with Crippen molar-refractivity contribution in [3.8, 4) is 28.5 Å². The maximum Gasteiger partial charge on any atom is 0.229 e. The van der Waals surface area contributed by atoms with Crippen molar-refractivity contribution in [2.24, 2.45) is 5.92 Å². The Morgan fingerprint density at radius 3 is 2.55 bits per heavy atom. The van der Waals surface area contributed by atoms with E-state index in [2.05, 4.69) is 10.2 Å². The van der Waals surface area contributed by atoms with Crippen molar-refractivity contribution < 1.29 is 9.53 Å². The van der Waals surface area contributed by atoms with Gasteiger partial charge in [-0.1, -0.05) is 25.1 Å². The van der Waals surface area contributed by atoms with Crippen molar-refractivity contribution in [1.82, 2.24) is 19.6 Å². The van der Waals surface area contributed by atoms with Gasteiger partial charge in [-0.3, -0.25) is 9.59 Å². The molecule has 2 aromatic carbocycles. The highest BCUT2D eigenvalue weighted by atomic mass is 16.5. The SMILES string of the molecule is COc1cc(N2CCC(C)C2=O)ccc1-n1ccc(=O)c(-c2ccnn2-c2ccccc2)n1. The van der Waals surface area contributed by atoms with Gasteiger partial charge in [0, 0.05) is 36.5 Å². The van der Waals surface area contributed by atoms with Crippen LogP contribution in [0.1, 0.15) is 13.3 Å². The van der Waals surface area contributed by atoms with E-state index in [0.717, 1.165) is 17.8 Å². The van der Waals surface area contributed by atoms with Crippen LogP contribution >= 0.6 is 0 Å². The highest BCUT2D eigenvalue weighted by Gasteiger charge is 2.29. The number of carbonyl (C=O) groups is 1. The second kappa shape index (κ2) is 8.38. The molecule has 0 spiro atoms. The van der Waals surface area contributed by atoms with Gasteiger partial charge in [-0.25, -0.2) is 9.36 Å². The maximum atomic E-state index is 12.7. The van der Waals surface area contributed by atoms with E-state index in [1.807, 2.05) is 55.5 Å². The lowest BCUT2D eigenvalue weighted by Gasteiger charge is -2.19. The molecule has 1 saturated heterocycles. The predicted molar refractivity (Wildman–Crippen MR) is 125 cm³/mol.